The minimum atomic E-state index is -2.10. The number of methoxy groups -OCH3 is 1. The first-order chi connectivity index (χ1) is 31.7. The van der Waals surface area contributed by atoms with Gasteiger partial charge in [0, 0.05) is 98.7 Å². The summed E-state index contributed by atoms with van der Waals surface area (Å²) in [5, 5.41) is 38.4. The molecule has 5 heterocycles. The summed E-state index contributed by atoms with van der Waals surface area (Å²) in [6, 6.07) is 9.81. The number of Topliss-reactive ketones (excluding diaryl/α,β-unsaturated/α-hetero) is 3. The van der Waals surface area contributed by atoms with Gasteiger partial charge in [0.2, 0.25) is 11.6 Å². The Morgan fingerprint density at radius 2 is 1.55 bits per heavy atom. The third-order valence-electron chi connectivity index (χ3n) is 13.7. The number of pyridine rings is 1. The third-order valence-corrected chi connectivity index (χ3v) is 13.7. The minimum Gasteiger partial charge on any atom is -0.507 e. The first-order valence-electron chi connectivity index (χ1n) is 22.6. The van der Waals surface area contributed by atoms with Gasteiger partial charge in [-0.1, -0.05) is 64.1 Å². The number of phenols is 1. The Balaban J connectivity index is 1.33. The van der Waals surface area contributed by atoms with Gasteiger partial charge >= 0.3 is 11.8 Å². The molecule has 9 atom stereocenters. The lowest BCUT2D eigenvalue weighted by Crippen LogP contribution is -2.50. The van der Waals surface area contributed by atoms with E-state index >= 15 is 4.79 Å². The number of ether oxygens (including phenoxy) is 4. The molecule has 5 bridgehead atoms. The van der Waals surface area contributed by atoms with Crippen molar-refractivity contribution in [2.24, 2.45) is 23.7 Å². The monoisotopic (exact) mass is 920 g/mol. The van der Waals surface area contributed by atoms with Crippen LogP contribution in [0.5, 0.6) is 11.5 Å². The predicted molar refractivity (Wildman–Crippen MR) is 248 cm³/mol. The largest absolute Gasteiger partial charge is 0.507 e. The number of para-hydroxylation sites is 1. The number of aryl methyl sites for hydroxylation is 1. The second-order valence-corrected chi connectivity index (χ2v) is 18.3. The van der Waals surface area contributed by atoms with Crippen LogP contribution in [0.1, 0.15) is 90.8 Å². The molecule has 1 aromatic heterocycles. The van der Waals surface area contributed by atoms with Gasteiger partial charge < -0.3 is 49.4 Å². The van der Waals surface area contributed by atoms with Crippen molar-refractivity contribution in [2.75, 3.05) is 38.2 Å². The average Bonchev–Trinajstić information content (AvgIpc) is 3.57. The molecule has 0 radical (unpaired) electrons. The summed E-state index contributed by atoms with van der Waals surface area (Å²) in [6.45, 7) is 15.7. The van der Waals surface area contributed by atoms with Crippen molar-refractivity contribution in [2.45, 2.75) is 92.5 Å². The lowest BCUT2D eigenvalue weighted by Gasteiger charge is -2.40. The summed E-state index contributed by atoms with van der Waals surface area (Å²) in [5.41, 5.74) is 1.17. The average molecular weight is 921 g/mol. The number of aliphatic hydroxyl groups is 2. The number of carbonyl (C=O) groups excluding carboxylic acids is 5. The molecule has 0 spiro atoms. The Hall–Kier alpha value is -6.36. The first kappa shape index (κ1) is 48.6. The smallest absolute Gasteiger partial charge is 0.312 e. The van der Waals surface area contributed by atoms with Gasteiger partial charge in [0.1, 0.15) is 29.0 Å². The lowest BCUT2D eigenvalue weighted by molar-refractivity contribution is -0.160. The number of aliphatic hydroxyl groups excluding tert-OH is 2. The molecule has 5 aliphatic rings. The molecule has 1 amide bonds. The Morgan fingerprint density at radius 3 is 2.22 bits per heavy atom. The zero-order chi connectivity index (χ0) is 48.8. The topological polar surface area (TPSA) is 214 Å². The number of benzene rings is 2. The van der Waals surface area contributed by atoms with Crippen LogP contribution in [0.25, 0.3) is 10.9 Å². The van der Waals surface area contributed by atoms with Crippen molar-refractivity contribution in [1.82, 2.24) is 15.2 Å². The standard InChI is InChI=1S/C51H60N4O12/c1-25-14-13-15-26(2)50(63)53-40-41(55-21-19-54(20-22-55)35-24-27(3)52-34-17-12-11-16-33(34)35)46(61)37-38(45(40)60)44(59)31(7)48-39(37)49(62)51(9,67-48)65-23-18-36(64-10)28(4)47(66-32(8)56)30(6)43(58)29(5)42(25)57/h11-18,23-25,28-30,36,42-43,47,57-59H,19-22H2,1-10H3,(H,53,63)/t25-,28+,29+,30-,36-,42-,43-,47+,51-/m0/s1. The zero-order valence-electron chi connectivity index (χ0n) is 39.6. The van der Waals surface area contributed by atoms with Crippen LogP contribution in [0.2, 0.25) is 0 Å². The Morgan fingerprint density at radius 1 is 0.881 bits per heavy atom. The van der Waals surface area contributed by atoms with Gasteiger partial charge in [-0.2, -0.15) is 0 Å². The summed E-state index contributed by atoms with van der Waals surface area (Å²) in [7, 11) is 1.43. The van der Waals surface area contributed by atoms with Gasteiger partial charge in [0.25, 0.3) is 11.7 Å². The number of rotatable bonds is 4. The highest BCUT2D eigenvalue weighted by Crippen LogP contribution is 2.49. The van der Waals surface area contributed by atoms with Crippen LogP contribution in [0.15, 0.2) is 77.9 Å². The number of aromatic hydroxyl groups is 1. The number of hydrogen-bond donors (Lipinski definition) is 4. The number of piperazine rings is 1. The number of phenolic OH excluding ortho intramolecular Hbond substituents is 1. The van der Waals surface area contributed by atoms with E-state index in [2.05, 4.69) is 15.2 Å². The van der Waals surface area contributed by atoms with Crippen molar-refractivity contribution in [3.05, 3.63) is 106 Å². The van der Waals surface area contributed by atoms with E-state index in [9.17, 15) is 34.5 Å². The second-order valence-electron chi connectivity index (χ2n) is 18.3. The number of hydrogen-bond acceptors (Lipinski definition) is 15. The summed E-state index contributed by atoms with van der Waals surface area (Å²) in [6.07, 6.45) is 3.45. The van der Waals surface area contributed by atoms with Crippen LogP contribution in [-0.2, 0) is 23.8 Å². The molecule has 356 valence electrons. The molecule has 16 heteroatoms. The fraction of sp³-hybridized carbons (Fsp3) is 0.451. The minimum absolute atomic E-state index is 0.000374. The maximum absolute atomic E-state index is 15.2. The zero-order valence-corrected chi connectivity index (χ0v) is 39.6. The highest BCUT2D eigenvalue weighted by Gasteiger charge is 2.53. The number of aromatic nitrogens is 1. The molecule has 8 rings (SSSR count). The van der Waals surface area contributed by atoms with Crippen molar-refractivity contribution >= 4 is 45.8 Å². The van der Waals surface area contributed by atoms with E-state index in [-0.39, 0.29) is 52.5 Å². The molecule has 0 unspecified atom stereocenters. The fourth-order valence-corrected chi connectivity index (χ4v) is 9.70. The molecule has 0 saturated carbocycles. The van der Waals surface area contributed by atoms with Crippen LogP contribution in [0.4, 0.5) is 5.69 Å². The summed E-state index contributed by atoms with van der Waals surface area (Å²) in [5.74, 6) is -9.18. The van der Waals surface area contributed by atoms with Gasteiger partial charge in [0.15, 0.2) is 0 Å². The van der Waals surface area contributed by atoms with Crippen LogP contribution in [0, 0.1) is 37.5 Å². The van der Waals surface area contributed by atoms with Gasteiger partial charge in [-0.05, 0) is 39.0 Å². The van der Waals surface area contributed by atoms with E-state index in [1.807, 2.05) is 37.3 Å². The molecule has 4 aliphatic heterocycles. The molecular weight excluding hydrogens is 861 g/mol. The molecule has 1 saturated heterocycles. The number of carbonyl (C=O) groups is 5. The highest BCUT2D eigenvalue weighted by atomic mass is 16.7. The summed E-state index contributed by atoms with van der Waals surface area (Å²) in [4.78, 5) is 79.8. The van der Waals surface area contributed by atoms with E-state index in [0.29, 0.717) is 13.1 Å². The Bertz CT molecular complexity index is 2640. The van der Waals surface area contributed by atoms with Crippen molar-refractivity contribution in [1.29, 1.82) is 0 Å². The number of anilines is 1. The first-order valence-corrected chi connectivity index (χ1v) is 22.6. The predicted octanol–water partition coefficient (Wildman–Crippen LogP) is 5.64. The third kappa shape index (κ3) is 8.97. The lowest BCUT2D eigenvalue weighted by atomic mass is 9.78. The molecule has 2 aromatic carbocycles. The van der Waals surface area contributed by atoms with E-state index in [0.717, 1.165) is 22.3 Å². The quantitative estimate of drug-likeness (QED) is 0.233. The van der Waals surface area contributed by atoms with Crippen molar-refractivity contribution in [3.8, 4) is 11.5 Å². The fourth-order valence-electron chi connectivity index (χ4n) is 9.70. The van der Waals surface area contributed by atoms with E-state index in [1.54, 1.807) is 44.7 Å². The number of nitrogens with one attached hydrogen (secondary N) is 1. The van der Waals surface area contributed by atoms with Crippen LogP contribution in [0.3, 0.4) is 0 Å². The SMILES string of the molecule is CO[C@H]1C=CO[C@@]2(C)Oc3c(C)c(O)c4c(c3C2=O)C(=O)C(N2CCN(c3cc(C)nc5ccccc35)CC2)=C(NC(=O)C(C)=CC=C[C@H](C)[C@H](O)[C@@H](C)[C@H](O)[C@H](C)[C@H](OC(C)=O)[C@@H]1C)C4=O. The molecule has 1 fully saturated rings. The number of ketones is 3. The number of esters is 1. The van der Waals surface area contributed by atoms with Gasteiger partial charge in [-0.15, -0.1) is 0 Å². The van der Waals surface area contributed by atoms with Crippen LogP contribution < -0.4 is 15.0 Å². The molecular formula is C51H60N4O12. The molecule has 16 nitrogen and oxygen atoms in total. The highest BCUT2D eigenvalue weighted by molar-refractivity contribution is 6.32. The van der Waals surface area contributed by atoms with Crippen LogP contribution in [-0.4, -0.2) is 118 Å². The van der Waals surface area contributed by atoms with Crippen molar-refractivity contribution < 1.29 is 58.2 Å². The number of allylic oxidation sites excluding steroid dienone is 4. The van der Waals surface area contributed by atoms with Crippen molar-refractivity contribution in [3.63, 3.8) is 0 Å². The van der Waals surface area contributed by atoms with E-state index in [4.69, 9.17) is 18.9 Å². The molecule has 3 aromatic rings. The van der Waals surface area contributed by atoms with E-state index < -0.39 is 94.4 Å². The number of amides is 1. The normalized spacial score (nSPS) is 28.6. The number of fused-ring (bicyclic) bond motifs is 15. The van der Waals surface area contributed by atoms with Gasteiger partial charge in [-0.3, -0.25) is 29.0 Å². The van der Waals surface area contributed by atoms with Gasteiger partial charge in [0.05, 0.1) is 46.8 Å². The van der Waals surface area contributed by atoms with Gasteiger partial charge in [-0.25, -0.2) is 0 Å². The molecule has 1 aliphatic carbocycles. The maximum atomic E-state index is 15.2. The molecule has 4 N–H and O–H groups in total. The van der Waals surface area contributed by atoms with Crippen LogP contribution >= 0.6 is 0 Å². The molecule has 67 heavy (non-hydrogen) atoms. The number of nitrogens with zero attached hydrogens (tertiary/aromatic N) is 3. The van der Waals surface area contributed by atoms with E-state index in [1.165, 1.54) is 53.2 Å². The summed E-state index contributed by atoms with van der Waals surface area (Å²) >= 11 is 0. The summed E-state index contributed by atoms with van der Waals surface area (Å²) < 4.78 is 23.8. The second kappa shape index (κ2) is 19.1. The Kier molecular flexibility index (Phi) is 13.8. The Labute approximate surface area is 389 Å². The maximum Gasteiger partial charge on any atom is 0.312 e.